The maximum absolute atomic E-state index is 12.7. The Bertz CT molecular complexity index is 294. The van der Waals surface area contributed by atoms with E-state index < -0.39 is 11.7 Å². The molecule has 6 heteroatoms. The van der Waals surface area contributed by atoms with E-state index in [4.69, 9.17) is 11.6 Å². The van der Waals surface area contributed by atoms with Gasteiger partial charge in [0.1, 0.15) is 12.2 Å². The lowest BCUT2D eigenvalue weighted by molar-refractivity contribution is -0.114. The average molecular weight is 190 g/mol. The molecular weight excluding hydrogens is 185 g/mol. The molecular formula is C6H5ClFN3O. The van der Waals surface area contributed by atoms with Gasteiger partial charge in [-0.3, -0.25) is 4.79 Å². The molecule has 0 aliphatic carbocycles. The van der Waals surface area contributed by atoms with Crippen molar-refractivity contribution in [3.05, 3.63) is 18.3 Å². The maximum atomic E-state index is 12.7. The highest BCUT2D eigenvalue weighted by Gasteiger charge is 2.05. The lowest BCUT2D eigenvalue weighted by Crippen LogP contribution is -2.14. The third-order valence-electron chi connectivity index (χ3n) is 1.05. The third-order valence-corrected chi connectivity index (χ3v) is 1.29. The molecule has 0 aliphatic heterocycles. The SMILES string of the molecule is O=C(CCl)Nc1ncncc1F. The standard InChI is InChI=1S/C6H5ClFN3O/c7-1-5(12)11-6-4(8)2-9-3-10-6/h2-3H,1H2,(H,9,10,11,12). The van der Waals surface area contributed by atoms with Crippen LogP contribution in [0.15, 0.2) is 12.5 Å². The molecule has 12 heavy (non-hydrogen) atoms. The van der Waals surface area contributed by atoms with Gasteiger partial charge in [-0.1, -0.05) is 0 Å². The fraction of sp³-hybridized carbons (Fsp3) is 0.167. The summed E-state index contributed by atoms with van der Waals surface area (Å²) in [5, 5.41) is 2.16. The van der Waals surface area contributed by atoms with Crippen molar-refractivity contribution in [2.24, 2.45) is 0 Å². The van der Waals surface area contributed by atoms with E-state index in [1.54, 1.807) is 0 Å². The summed E-state index contributed by atoms with van der Waals surface area (Å²) >= 11 is 5.18. The van der Waals surface area contributed by atoms with Gasteiger partial charge in [-0.2, -0.15) is 0 Å². The zero-order valence-electron chi connectivity index (χ0n) is 5.92. The van der Waals surface area contributed by atoms with Crippen LogP contribution in [0, 0.1) is 5.82 Å². The van der Waals surface area contributed by atoms with Crippen LogP contribution in [-0.4, -0.2) is 21.8 Å². The van der Waals surface area contributed by atoms with E-state index in [-0.39, 0.29) is 11.7 Å². The number of carbonyl (C=O) groups excluding carboxylic acids is 1. The second-order valence-corrected chi connectivity index (χ2v) is 2.17. The van der Waals surface area contributed by atoms with Crippen molar-refractivity contribution in [1.82, 2.24) is 9.97 Å². The van der Waals surface area contributed by atoms with Gasteiger partial charge in [0, 0.05) is 0 Å². The minimum atomic E-state index is -0.684. The van der Waals surface area contributed by atoms with Crippen LogP contribution >= 0.6 is 11.6 Å². The lowest BCUT2D eigenvalue weighted by Gasteiger charge is -2.00. The Labute approximate surface area is 72.8 Å². The van der Waals surface area contributed by atoms with E-state index in [2.05, 4.69) is 15.3 Å². The van der Waals surface area contributed by atoms with E-state index in [1.165, 1.54) is 0 Å². The van der Waals surface area contributed by atoms with E-state index in [9.17, 15) is 9.18 Å². The molecule has 0 spiro atoms. The van der Waals surface area contributed by atoms with Crippen LogP contribution < -0.4 is 5.32 Å². The van der Waals surface area contributed by atoms with Crippen molar-refractivity contribution >= 4 is 23.3 Å². The van der Waals surface area contributed by atoms with Crippen LogP contribution in [0.4, 0.5) is 10.2 Å². The predicted molar refractivity (Wildman–Crippen MR) is 41.3 cm³/mol. The van der Waals surface area contributed by atoms with Gasteiger partial charge < -0.3 is 5.32 Å². The Kier molecular flexibility index (Phi) is 2.93. The minimum Gasteiger partial charge on any atom is -0.307 e. The number of halogens is 2. The average Bonchev–Trinajstić information content (AvgIpc) is 2.09. The molecule has 0 saturated heterocycles. The summed E-state index contributed by atoms with van der Waals surface area (Å²) in [4.78, 5) is 17.6. The van der Waals surface area contributed by atoms with E-state index in [0.29, 0.717) is 0 Å². The highest BCUT2D eigenvalue weighted by Crippen LogP contribution is 2.06. The van der Waals surface area contributed by atoms with Gasteiger partial charge in [-0.15, -0.1) is 11.6 Å². The molecule has 4 nitrogen and oxygen atoms in total. The molecule has 0 aromatic carbocycles. The number of anilines is 1. The number of nitrogens with zero attached hydrogens (tertiary/aromatic N) is 2. The van der Waals surface area contributed by atoms with Crippen LogP contribution in [0.25, 0.3) is 0 Å². The number of aromatic nitrogens is 2. The van der Waals surface area contributed by atoms with Crippen molar-refractivity contribution in [2.75, 3.05) is 11.2 Å². The predicted octanol–water partition coefficient (Wildman–Crippen LogP) is 0.793. The van der Waals surface area contributed by atoms with Crippen molar-refractivity contribution in [2.45, 2.75) is 0 Å². The second-order valence-electron chi connectivity index (χ2n) is 1.90. The summed E-state index contributed by atoms with van der Waals surface area (Å²) < 4.78 is 12.7. The Morgan fingerprint density at radius 3 is 3.08 bits per heavy atom. The number of nitrogens with one attached hydrogen (secondary N) is 1. The molecule has 0 aliphatic rings. The maximum Gasteiger partial charge on any atom is 0.240 e. The topological polar surface area (TPSA) is 54.9 Å². The van der Waals surface area contributed by atoms with Gasteiger partial charge in [-0.25, -0.2) is 14.4 Å². The van der Waals surface area contributed by atoms with Crippen molar-refractivity contribution in [1.29, 1.82) is 0 Å². The molecule has 0 radical (unpaired) electrons. The summed E-state index contributed by atoms with van der Waals surface area (Å²) in [6.45, 7) is 0. The molecule has 1 N–H and O–H groups in total. The number of hydrogen-bond acceptors (Lipinski definition) is 3. The highest BCUT2D eigenvalue weighted by atomic mass is 35.5. The number of amides is 1. The molecule has 0 bridgehead atoms. The van der Waals surface area contributed by atoms with Gasteiger partial charge in [0.25, 0.3) is 0 Å². The monoisotopic (exact) mass is 189 g/mol. The van der Waals surface area contributed by atoms with E-state index in [1.807, 2.05) is 0 Å². The van der Waals surface area contributed by atoms with Crippen molar-refractivity contribution in [3.8, 4) is 0 Å². The van der Waals surface area contributed by atoms with Crippen LogP contribution in [-0.2, 0) is 4.79 Å². The van der Waals surface area contributed by atoms with Crippen LogP contribution in [0.2, 0.25) is 0 Å². The Hall–Kier alpha value is -1.23. The summed E-state index contributed by atoms with van der Waals surface area (Å²) in [7, 11) is 0. The van der Waals surface area contributed by atoms with Gasteiger partial charge >= 0.3 is 0 Å². The van der Waals surface area contributed by atoms with Crippen LogP contribution in [0.1, 0.15) is 0 Å². The van der Waals surface area contributed by atoms with Crippen LogP contribution in [0.5, 0.6) is 0 Å². The molecule has 64 valence electrons. The minimum absolute atomic E-state index is 0.157. The summed E-state index contributed by atoms with van der Waals surface area (Å²) in [5.74, 6) is -1.58. The van der Waals surface area contributed by atoms with Gasteiger partial charge in [-0.05, 0) is 0 Å². The lowest BCUT2D eigenvalue weighted by atomic mass is 10.5. The number of hydrogen-bond donors (Lipinski definition) is 1. The second kappa shape index (κ2) is 3.96. The third kappa shape index (κ3) is 2.13. The van der Waals surface area contributed by atoms with E-state index in [0.717, 1.165) is 12.5 Å². The molecule has 1 amide bonds. The van der Waals surface area contributed by atoms with Crippen LogP contribution in [0.3, 0.4) is 0 Å². The molecule has 1 aromatic heterocycles. The molecule has 0 fully saturated rings. The molecule has 0 unspecified atom stereocenters. The summed E-state index contributed by atoms with van der Waals surface area (Å²) in [5.41, 5.74) is 0. The first-order valence-corrected chi connectivity index (χ1v) is 3.59. The van der Waals surface area contributed by atoms with Gasteiger partial charge in [0.2, 0.25) is 5.91 Å². The quantitative estimate of drug-likeness (QED) is 0.700. The first kappa shape index (κ1) is 8.86. The molecule has 1 heterocycles. The Morgan fingerprint density at radius 1 is 1.75 bits per heavy atom. The van der Waals surface area contributed by atoms with Gasteiger partial charge in [0.05, 0.1) is 6.20 Å². The molecule has 1 aromatic rings. The highest BCUT2D eigenvalue weighted by molar-refractivity contribution is 6.28. The Balaban J connectivity index is 2.75. The normalized spacial score (nSPS) is 9.50. The largest absolute Gasteiger partial charge is 0.307 e. The fourth-order valence-electron chi connectivity index (χ4n) is 0.570. The van der Waals surface area contributed by atoms with Crippen molar-refractivity contribution in [3.63, 3.8) is 0 Å². The zero-order chi connectivity index (χ0) is 8.97. The van der Waals surface area contributed by atoms with Gasteiger partial charge in [0.15, 0.2) is 11.6 Å². The first-order chi connectivity index (χ1) is 5.74. The number of rotatable bonds is 2. The Morgan fingerprint density at radius 2 is 2.50 bits per heavy atom. The molecule has 0 atom stereocenters. The molecule has 0 saturated carbocycles. The first-order valence-electron chi connectivity index (χ1n) is 3.05. The summed E-state index contributed by atoms with van der Waals surface area (Å²) in [6.07, 6.45) is 2.09. The number of carbonyl (C=O) groups is 1. The van der Waals surface area contributed by atoms with E-state index >= 15 is 0 Å². The summed E-state index contributed by atoms with van der Waals surface area (Å²) in [6, 6.07) is 0. The smallest absolute Gasteiger partial charge is 0.240 e. The molecule has 1 rings (SSSR count). The van der Waals surface area contributed by atoms with Crippen molar-refractivity contribution < 1.29 is 9.18 Å². The zero-order valence-corrected chi connectivity index (χ0v) is 6.68. The fourth-order valence-corrected chi connectivity index (χ4v) is 0.637. The number of alkyl halides is 1.